The number of benzene rings is 2. The molecule has 0 spiro atoms. The number of nitrogens with zero attached hydrogens (tertiary/aromatic N) is 2. The van der Waals surface area contributed by atoms with Gasteiger partial charge in [0.05, 0.1) is 9.79 Å². The fourth-order valence-electron chi connectivity index (χ4n) is 4.94. The van der Waals surface area contributed by atoms with Crippen molar-refractivity contribution in [2.75, 3.05) is 52.5 Å². The molecular weight excluding hydrogens is 492 g/mol. The number of rotatable bonds is 12. The molecule has 37 heavy (non-hydrogen) atoms. The Kier molecular flexibility index (Phi) is 10.2. The number of hydrogen-bond acceptors (Lipinski definition) is 8. The van der Waals surface area contributed by atoms with Crippen LogP contribution in [0.15, 0.2) is 58.3 Å². The summed E-state index contributed by atoms with van der Waals surface area (Å²) in [5, 5.41) is 20.5. The van der Waals surface area contributed by atoms with E-state index >= 15 is 0 Å². The van der Waals surface area contributed by atoms with Gasteiger partial charge in [0.2, 0.25) is 9.84 Å². The van der Waals surface area contributed by atoms with Gasteiger partial charge in [-0.3, -0.25) is 0 Å². The molecule has 2 aliphatic rings. The topological polar surface area (TPSA) is 99.5 Å². The van der Waals surface area contributed by atoms with E-state index in [1.165, 1.54) is 62.8 Å². The number of ether oxygens (including phenoxy) is 2. The maximum atomic E-state index is 13.1. The first kappa shape index (κ1) is 27.9. The third-order valence-electron chi connectivity index (χ3n) is 6.99. The van der Waals surface area contributed by atoms with Gasteiger partial charge in [-0.1, -0.05) is 12.8 Å². The third-order valence-corrected chi connectivity index (χ3v) is 8.77. The van der Waals surface area contributed by atoms with Crippen molar-refractivity contribution in [1.82, 2.24) is 9.80 Å². The molecule has 2 heterocycles. The Balaban J connectivity index is 1.25. The fraction of sp³-hybridized carbons (Fsp3) is 0.571. The average Bonchev–Trinajstić information content (AvgIpc) is 2.92. The molecule has 2 atom stereocenters. The molecule has 2 aromatic rings. The first-order valence-corrected chi connectivity index (χ1v) is 14.9. The number of aliphatic hydroxyl groups excluding tert-OH is 2. The Labute approximate surface area is 220 Å². The third kappa shape index (κ3) is 8.41. The van der Waals surface area contributed by atoms with Crippen molar-refractivity contribution in [3.63, 3.8) is 0 Å². The molecule has 2 fully saturated rings. The lowest BCUT2D eigenvalue weighted by atomic mass is 10.1. The summed E-state index contributed by atoms with van der Waals surface area (Å²) < 4.78 is 37.5. The minimum atomic E-state index is -3.70. The number of likely N-dealkylation sites (tertiary alicyclic amines) is 2. The van der Waals surface area contributed by atoms with E-state index < -0.39 is 22.0 Å². The van der Waals surface area contributed by atoms with Crippen LogP contribution < -0.4 is 9.47 Å². The monoisotopic (exact) mass is 532 g/mol. The van der Waals surface area contributed by atoms with Gasteiger partial charge in [-0.05, 0) is 100 Å². The van der Waals surface area contributed by atoms with E-state index in [2.05, 4.69) is 9.80 Å². The van der Waals surface area contributed by atoms with E-state index in [-0.39, 0.29) is 23.0 Å². The number of piperidine rings is 2. The molecule has 0 aromatic heterocycles. The molecule has 0 bridgehead atoms. The number of β-amino-alcohol motifs (C(OH)–C–C–N with tert-alkyl or cyclic N) is 2. The van der Waals surface area contributed by atoms with Crippen LogP contribution in [-0.2, 0) is 9.84 Å². The van der Waals surface area contributed by atoms with Crippen molar-refractivity contribution in [2.24, 2.45) is 0 Å². The average molecular weight is 533 g/mol. The van der Waals surface area contributed by atoms with Crippen LogP contribution >= 0.6 is 0 Å². The van der Waals surface area contributed by atoms with Gasteiger partial charge in [0.15, 0.2) is 0 Å². The van der Waals surface area contributed by atoms with Crippen molar-refractivity contribution < 1.29 is 28.1 Å². The normalized spacial score (nSPS) is 19.3. The van der Waals surface area contributed by atoms with Gasteiger partial charge in [-0.2, -0.15) is 0 Å². The van der Waals surface area contributed by atoms with Gasteiger partial charge in [-0.15, -0.1) is 0 Å². The van der Waals surface area contributed by atoms with Gasteiger partial charge < -0.3 is 29.5 Å². The van der Waals surface area contributed by atoms with E-state index in [1.807, 2.05) is 0 Å². The summed E-state index contributed by atoms with van der Waals surface area (Å²) >= 11 is 0. The van der Waals surface area contributed by atoms with Gasteiger partial charge in [0.1, 0.15) is 36.9 Å². The predicted molar refractivity (Wildman–Crippen MR) is 142 cm³/mol. The summed E-state index contributed by atoms with van der Waals surface area (Å²) in [5.74, 6) is 1.03. The molecule has 204 valence electrons. The molecule has 4 rings (SSSR count). The van der Waals surface area contributed by atoms with Crippen LogP contribution in [0.25, 0.3) is 0 Å². The second-order valence-corrected chi connectivity index (χ2v) is 12.0. The smallest absolute Gasteiger partial charge is 0.206 e. The summed E-state index contributed by atoms with van der Waals surface area (Å²) in [6, 6.07) is 12.5. The lowest BCUT2D eigenvalue weighted by Crippen LogP contribution is -2.38. The second-order valence-electron chi connectivity index (χ2n) is 10.1. The van der Waals surface area contributed by atoms with E-state index in [1.54, 1.807) is 24.3 Å². The lowest BCUT2D eigenvalue weighted by Gasteiger charge is -2.28. The molecule has 0 unspecified atom stereocenters. The SMILES string of the molecule is O=S(=O)(c1ccc(OC[C@@H](O)CN2CCCCC2)cc1)c1ccc(OC[C@H](O)CN2CCCCC2)cc1. The van der Waals surface area contributed by atoms with Crippen molar-refractivity contribution in [3.05, 3.63) is 48.5 Å². The molecule has 0 amide bonds. The molecule has 0 aliphatic carbocycles. The highest BCUT2D eigenvalue weighted by atomic mass is 32.2. The van der Waals surface area contributed by atoms with Crippen LogP contribution in [-0.4, -0.2) is 93.1 Å². The summed E-state index contributed by atoms with van der Waals surface area (Å²) in [6.45, 7) is 5.55. The Bertz CT molecular complexity index is 970. The number of hydrogen-bond donors (Lipinski definition) is 2. The number of sulfone groups is 1. The first-order chi connectivity index (χ1) is 17.9. The maximum Gasteiger partial charge on any atom is 0.206 e. The van der Waals surface area contributed by atoms with Crippen molar-refractivity contribution in [1.29, 1.82) is 0 Å². The van der Waals surface area contributed by atoms with Crippen LogP contribution in [0, 0.1) is 0 Å². The van der Waals surface area contributed by atoms with Crippen molar-refractivity contribution in [3.8, 4) is 11.5 Å². The maximum absolute atomic E-state index is 13.1. The van der Waals surface area contributed by atoms with Crippen LogP contribution in [0.4, 0.5) is 0 Å². The van der Waals surface area contributed by atoms with E-state index in [4.69, 9.17) is 9.47 Å². The van der Waals surface area contributed by atoms with Crippen LogP contribution in [0.5, 0.6) is 11.5 Å². The molecule has 9 heteroatoms. The zero-order valence-electron chi connectivity index (χ0n) is 21.5. The molecule has 0 saturated carbocycles. The Morgan fingerprint density at radius 1 is 0.622 bits per heavy atom. The lowest BCUT2D eigenvalue weighted by molar-refractivity contribution is 0.0616. The summed E-state index contributed by atoms with van der Waals surface area (Å²) in [4.78, 5) is 4.83. The van der Waals surface area contributed by atoms with Crippen LogP contribution in [0.3, 0.4) is 0 Å². The summed E-state index contributed by atoms with van der Waals surface area (Å²) in [6.07, 6.45) is 5.99. The Hall–Kier alpha value is -2.17. The molecule has 2 aliphatic heterocycles. The quantitative estimate of drug-likeness (QED) is 0.431. The fourth-order valence-corrected chi connectivity index (χ4v) is 6.20. The standard InChI is InChI=1S/C28H40N2O6S/c31-23(19-29-15-3-1-4-16-29)21-35-25-7-11-27(12-8-25)37(33,34)28-13-9-26(10-14-28)36-22-24(32)20-30-17-5-2-6-18-30/h7-14,23-24,31-32H,1-6,15-22H2/t23-,24+. The van der Waals surface area contributed by atoms with Gasteiger partial charge in [0, 0.05) is 13.1 Å². The van der Waals surface area contributed by atoms with Crippen LogP contribution in [0.1, 0.15) is 38.5 Å². The molecule has 8 nitrogen and oxygen atoms in total. The highest BCUT2D eigenvalue weighted by Crippen LogP contribution is 2.25. The largest absolute Gasteiger partial charge is 0.491 e. The van der Waals surface area contributed by atoms with E-state index in [9.17, 15) is 18.6 Å². The van der Waals surface area contributed by atoms with Gasteiger partial charge >= 0.3 is 0 Å². The highest BCUT2D eigenvalue weighted by Gasteiger charge is 2.19. The second kappa shape index (κ2) is 13.6. The van der Waals surface area contributed by atoms with E-state index in [0.717, 1.165) is 26.2 Å². The van der Waals surface area contributed by atoms with Gasteiger partial charge in [0.25, 0.3) is 0 Å². The van der Waals surface area contributed by atoms with Gasteiger partial charge in [-0.25, -0.2) is 8.42 Å². The van der Waals surface area contributed by atoms with E-state index in [0.29, 0.717) is 24.6 Å². The van der Waals surface area contributed by atoms with Crippen molar-refractivity contribution >= 4 is 9.84 Å². The molecule has 0 radical (unpaired) electrons. The first-order valence-electron chi connectivity index (χ1n) is 13.4. The molecule has 2 saturated heterocycles. The predicted octanol–water partition coefficient (Wildman–Crippen LogP) is 2.97. The minimum Gasteiger partial charge on any atom is -0.491 e. The number of aliphatic hydroxyl groups is 2. The minimum absolute atomic E-state index is 0.163. The zero-order valence-corrected chi connectivity index (χ0v) is 22.3. The Morgan fingerprint density at radius 2 is 0.973 bits per heavy atom. The zero-order chi connectivity index (χ0) is 26.1. The molecule has 2 N–H and O–H groups in total. The van der Waals surface area contributed by atoms with Crippen molar-refractivity contribution in [2.45, 2.75) is 60.5 Å². The van der Waals surface area contributed by atoms with Crippen LogP contribution in [0.2, 0.25) is 0 Å². The molecular formula is C28H40N2O6S. The summed E-state index contributed by atoms with van der Waals surface area (Å²) in [5.41, 5.74) is 0. The highest BCUT2D eigenvalue weighted by molar-refractivity contribution is 7.91. The molecule has 2 aromatic carbocycles. The summed E-state index contributed by atoms with van der Waals surface area (Å²) in [7, 11) is -3.70. The Morgan fingerprint density at radius 3 is 1.32 bits per heavy atom.